The Morgan fingerprint density at radius 2 is 1.19 bits per heavy atom. The summed E-state index contributed by atoms with van der Waals surface area (Å²) in [5.74, 6) is -5.12. The van der Waals surface area contributed by atoms with Gasteiger partial charge >= 0.3 is 11.9 Å². The molecule has 48 heavy (non-hydrogen) atoms. The van der Waals surface area contributed by atoms with Crippen molar-refractivity contribution in [3.63, 3.8) is 0 Å². The van der Waals surface area contributed by atoms with Crippen LogP contribution in [0.25, 0.3) is 10.9 Å². The van der Waals surface area contributed by atoms with E-state index in [2.05, 4.69) is 20.9 Å². The number of rotatable bonds is 16. The Balaban J connectivity index is 1.51. The lowest BCUT2D eigenvalue weighted by Gasteiger charge is -2.25. The van der Waals surface area contributed by atoms with Gasteiger partial charge in [0.25, 0.3) is 0 Å². The Bertz CT molecular complexity index is 1750. The van der Waals surface area contributed by atoms with Crippen LogP contribution in [0.15, 0.2) is 79.0 Å². The molecule has 0 radical (unpaired) electrons. The molecule has 0 spiro atoms. The molecule has 0 saturated carbocycles. The number of aromatic amines is 1. The second kappa shape index (κ2) is 16.1. The number of carboxylic acids is 2. The van der Waals surface area contributed by atoms with Crippen LogP contribution >= 0.6 is 0 Å². The zero-order valence-corrected chi connectivity index (χ0v) is 25.8. The number of aliphatic carboxylic acids is 2. The molecule has 4 atom stereocenters. The van der Waals surface area contributed by atoms with Crippen LogP contribution in [-0.2, 0) is 43.2 Å². The van der Waals surface area contributed by atoms with E-state index in [1.54, 1.807) is 18.3 Å². The maximum Gasteiger partial charge on any atom is 0.326 e. The molecule has 4 aromatic rings. The third kappa shape index (κ3) is 9.80. The maximum absolute atomic E-state index is 13.7. The van der Waals surface area contributed by atoms with Crippen molar-refractivity contribution in [2.75, 3.05) is 0 Å². The lowest BCUT2D eigenvalue weighted by atomic mass is 10.0. The molecule has 10 N–H and O–H groups in total. The van der Waals surface area contributed by atoms with Crippen LogP contribution in [0, 0.1) is 0 Å². The number of H-pyrrole nitrogens is 1. The summed E-state index contributed by atoms with van der Waals surface area (Å²) in [4.78, 5) is 66.8. The Morgan fingerprint density at radius 1 is 0.667 bits per heavy atom. The Kier molecular flexibility index (Phi) is 11.7. The van der Waals surface area contributed by atoms with Gasteiger partial charge in [0, 0.05) is 36.4 Å². The van der Waals surface area contributed by atoms with Crippen LogP contribution in [0.1, 0.15) is 29.5 Å². The smallest absolute Gasteiger partial charge is 0.326 e. The lowest BCUT2D eigenvalue weighted by Crippen LogP contribution is -2.58. The van der Waals surface area contributed by atoms with Crippen molar-refractivity contribution in [2.24, 2.45) is 5.73 Å². The third-order valence-corrected chi connectivity index (χ3v) is 7.73. The summed E-state index contributed by atoms with van der Waals surface area (Å²) >= 11 is 0. The molecular formula is C34H37N5O9. The molecule has 0 fully saturated rings. The summed E-state index contributed by atoms with van der Waals surface area (Å²) in [6.45, 7) is 0. The highest BCUT2D eigenvalue weighted by Gasteiger charge is 2.31. The van der Waals surface area contributed by atoms with Gasteiger partial charge in [-0.1, -0.05) is 42.5 Å². The van der Waals surface area contributed by atoms with E-state index in [1.807, 2.05) is 24.3 Å². The van der Waals surface area contributed by atoms with Gasteiger partial charge in [-0.15, -0.1) is 0 Å². The minimum Gasteiger partial charge on any atom is -0.508 e. The van der Waals surface area contributed by atoms with Crippen LogP contribution in [0.3, 0.4) is 0 Å². The molecule has 4 rings (SSSR count). The molecule has 14 heteroatoms. The molecule has 0 aliphatic heterocycles. The quantitative estimate of drug-likeness (QED) is 0.0835. The highest BCUT2D eigenvalue weighted by atomic mass is 16.4. The number of para-hydroxylation sites is 1. The number of aromatic nitrogens is 1. The number of phenolic OH excluding ortho intramolecular Hbond substituents is 2. The molecule has 1 aromatic heterocycles. The van der Waals surface area contributed by atoms with Gasteiger partial charge in [-0.2, -0.15) is 0 Å². The molecular weight excluding hydrogens is 622 g/mol. The first-order valence-corrected chi connectivity index (χ1v) is 15.1. The number of aromatic hydroxyl groups is 2. The molecule has 0 aliphatic carbocycles. The van der Waals surface area contributed by atoms with E-state index < -0.39 is 60.2 Å². The number of hydrogen-bond acceptors (Lipinski definition) is 8. The Morgan fingerprint density at radius 3 is 1.77 bits per heavy atom. The van der Waals surface area contributed by atoms with E-state index >= 15 is 0 Å². The number of nitrogens with two attached hydrogens (primary N) is 1. The first-order chi connectivity index (χ1) is 22.9. The fourth-order valence-electron chi connectivity index (χ4n) is 5.13. The normalized spacial score (nSPS) is 13.5. The number of phenols is 2. The zero-order valence-electron chi connectivity index (χ0n) is 25.8. The molecule has 0 bridgehead atoms. The maximum atomic E-state index is 13.7. The van der Waals surface area contributed by atoms with Crippen LogP contribution in [0.5, 0.6) is 11.5 Å². The highest BCUT2D eigenvalue weighted by Crippen LogP contribution is 2.19. The van der Waals surface area contributed by atoms with Crippen molar-refractivity contribution in [2.45, 2.75) is 56.3 Å². The highest BCUT2D eigenvalue weighted by molar-refractivity contribution is 5.95. The van der Waals surface area contributed by atoms with Crippen molar-refractivity contribution in [1.82, 2.24) is 20.9 Å². The number of benzene rings is 3. The van der Waals surface area contributed by atoms with Gasteiger partial charge in [0.1, 0.15) is 29.6 Å². The Hall–Kier alpha value is -5.89. The number of fused-ring (bicyclic) bond motifs is 1. The minimum absolute atomic E-state index is 0.0183. The first-order valence-electron chi connectivity index (χ1n) is 15.1. The number of amides is 3. The van der Waals surface area contributed by atoms with Crippen molar-refractivity contribution < 1.29 is 44.4 Å². The molecule has 0 saturated heterocycles. The summed E-state index contributed by atoms with van der Waals surface area (Å²) in [5, 5.41) is 46.6. The molecule has 14 nitrogen and oxygen atoms in total. The second-order valence-corrected chi connectivity index (χ2v) is 11.4. The van der Waals surface area contributed by atoms with Crippen molar-refractivity contribution in [3.05, 3.63) is 95.7 Å². The van der Waals surface area contributed by atoms with Crippen molar-refractivity contribution in [3.8, 4) is 11.5 Å². The number of carbonyl (C=O) groups excluding carboxylic acids is 3. The zero-order chi connectivity index (χ0) is 34.8. The largest absolute Gasteiger partial charge is 0.508 e. The van der Waals surface area contributed by atoms with E-state index in [0.29, 0.717) is 11.1 Å². The predicted molar refractivity (Wildman–Crippen MR) is 174 cm³/mol. The third-order valence-electron chi connectivity index (χ3n) is 7.73. The molecule has 4 unspecified atom stereocenters. The molecule has 3 amide bonds. The van der Waals surface area contributed by atoms with Crippen LogP contribution in [0.4, 0.5) is 0 Å². The van der Waals surface area contributed by atoms with Gasteiger partial charge in [-0.3, -0.25) is 19.2 Å². The van der Waals surface area contributed by atoms with E-state index in [0.717, 1.165) is 16.5 Å². The average Bonchev–Trinajstić information content (AvgIpc) is 3.46. The number of carbonyl (C=O) groups is 5. The van der Waals surface area contributed by atoms with E-state index in [4.69, 9.17) is 5.73 Å². The lowest BCUT2D eigenvalue weighted by molar-refractivity contribution is -0.143. The van der Waals surface area contributed by atoms with Crippen molar-refractivity contribution >= 4 is 40.6 Å². The first kappa shape index (κ1) is 35.0. The molecule has 1 heterocycles. The monoisotopic (exact) mass is 659 g/mol. The predicted octanol–water partition coefficient (Wildman–Crippen LogP) is 1.34. The van der Waals surface area contributed by atoms with Crippen LogP contribution in [0.2, 0.25) is 0 Å². The molecule has 0 aliphatic rings. The van der Waals surface area contributed by atoms with Crippen LogP contribution < -0.4 is 21.7 Å². The van der Waals surface area contributed by atoms with Crippen LogP contribution in [-0.4, -0.2) is 79.2 Å². The topological polar surface area (TPSA) is 244 Å². The Labute approximate surface area is 275 Å². The van der Waals surface area contributed by atoms with Gasteiger partial charge in [-0.05, 0) is 59.9 Å². The summed E-state index contributed by atoms with van der Waals surface area (Å²) in [7, 11) is 0. The van der Waals surface area contributed by atoms with E-state index in [1.165, 1.54) is 36.4 Å². The average molecular weight is 660 g/mol. The summed E-state index contributed by atoms with van der Waals surface area (Å²) < 4.78 is 0. The number of carboxylic acid groups (broad SMARTS) is 2. The summed E-state index contributed by atoms with van der Waals surface area (Å²) in [5.41, 5.74) is 8.95. The fraction of sp³-hybridized carbons (Fsp3) is 0.265. The number of hydrogen-bond donors (Lipinski definition) is 9. The van der Waals surface area contributed by atoms with Gasteiger partial charge in [0.05, 0.1) is 6.04 Å². The number of nitrogens with one attached hydrogen (secondary N) is 4. The summed E-state index contributed by atoms with van der Waals surface area (Å²) in [6, 6.07) is 13.8. The molecule has 252 valence electrons. The van der Waals surface area contributed by atoms with Gasteiger partial charge in [-0.25, -0.2) is 4.79 Å². The standard InChI is InChI=1S/C34H37N5O9/c35-25(17-21-18-36-26-4-2-1-3-24(21)26)31(44)38-28(15-19-5-9-22(40)10-6-19)33(46)37-27(13-14-30(42)43)32(45)39-29(34(47)48)16-20-7-11-23(41)12-8-20/h1-12,18,25,27-29,36,40-41H,13-17,35H2,(H,37,46)(H,38,44)(H,39,45)(H,42,43)(H,47,48). The van der Waals surface area contributed by atoms with Gasteiger partial charge < -0.3 is 47.1 Å². The minimum atomic E-state index is -1.48. The summed E-state index contributed by atoms with van der Waals surface area (Å²) in [6.07, 6.45) is 0.746. The van der Waals surface area contributed by atoms with Gasteiger partial charge in [0.2, 0.25) is 17.7 Å². The van der Waals surface area contributed by atoms with Gasteiger partial charge in [0.15, 0.2) is 0 Å². The second-order valence-electron chi connectivity index (χ2n) is 11.4. The van der Waals surface area contributed by atoms with E-state index in [-0.39, 0.29) is 37.2 Å². The SMILES string of the molecule is NC(Cc1c[nH]c2ccccc12)C(=O)NC(Cc1ccc(O)cc1)C(=O)NC(CCC(=O)O)C(=O)NC(Cc1ccc(O)cc1)C(=O)O. The molecule has 3 aromatic carbocycles. The van der Waals surface area contributed by atoms with Crippen molar-refractivity contribution in [1.29, 1.82) is 0 Å². The fourth-order valence-corrected chi connectivity index (χ4v) is 5.13. The van der Waals surface area contributed by atoms with E-state index in [9.17, 15) is 44.4 Å².